The van der Waals surface area contributed by atoms with E-state index in [1.807, 2.05) is 0 Å². The van der Waals surface area contributed by atoms with Crippen molar-refractivity contribution in [2.75, 3.05) is 20.3 Å². The number of hydrogen-bond donors (Lipinski definition) is 1. The molecule has 150 valence electrons. The van der Waals surface area contributed by atoms with E-state index >= 15 is 0 Å². The van der Waals surface area contributed by atoms with Crippen LogP contribution in [-0.4, -0.2) is 38.2 Å². The summed E-state index contributed by atoms with van der Waals surface area (Å²) in [6.45, 7) is 3.55. The second-order valence-electron chi connectivity index (χ2n) is 6.37. The van der Waals surface area contributed by atoms with Crippen molar-refractivity contribution in [2.24, 2.45) is 5.92 Å². The molecule has 0 bridgehead atoms. The average molecular weight is 389 g/mol. The molecule has 0 aromatic heterocycles. The third kappa shape index (κ3) is 5.97. The summed E-state index contributed by atoms with van der Waals surface area (Å²) < 4.78 is 29.0. The van der Waals surface area contributed by atoms with Crippen LogP contribution in [0.2, 0.25) is 0 Å². The van der Waals surface area contributed by atoms with E-state index in [2.05, 4.69) is 5.32 Å². The van der Waals surface area contributed by atoms with Gasteiger partial charge in [0.05, 0.1) is 7.11 Å². The first-order valence-electron chi connectivity index (χ1n) is 8.91. The topological polar surface area (TPSA) is 73.9 Å². The molecular weight excluding hydrogens is 365 g/mol. The summed E-state index contributed by atoms with van der Waals surface area (Å²) in [5.74, 6) is -0.907. The highest BCUT2D eigenvalue weighted by Gasteiger charge is 2.26. The monoisotopic (exact) mass is 389 g/mol. The summed E-state index contributed by atoms with van der Waals surface area (Å²) in [5.41, 5.74) is 0.405. The lowest BCUT2D eigenvalue weighted by molar-refractivity contribution is -0.147. The lowest BCUT2D eigenvalue weighted by Crippen LogP contribution is -2.45. The van der Waals surface area contributed by atoms with E-state index in [-0.39, 0.29) is 30.8 Å². The minimum atomic E-state index is -0.817. The normalized spacial score (nSPS) is 11.6. The molecule has 2 aromatic carbocycles. The smallest absolute Gasteiger partial charge is 0.329 e. The molecule has 28 heavy (non-hydrogen) atoms. The van der Waals surface area contributed by atoms with Gasteiger partial charge in [0, 0.05) is 5.56 Å². The van der Waals surface area contributed by atoms with Crippen LogP contribution in [0.1, 0.15) is 24.2 Å². The van der Waals surface area contributed by atoms with Crippen LogP contribution in [-0.2, 0) is 9.53 Å². The van der Waals surface area contributed by atoms with Gasteiger partial charge in [0.15, 0.2) is 11.6 Å². The summed E-state index contributed by atoms with van der Waals surface area (Å²) >= 11 is 0. The highest BCUT2D eigenvalue weighted by Crippen LogP contribution is 2.15. The summed E-state index contributed by atoms with van der Waals surface area (Å²) in [7, 11) is 1.54. The summed E-state index contributed by atoms with van der Waals surface area (Å²) in [5, 5.41) is 2.68. The van der Waals surface area contributed by atoms with Crippen LogP contribution >= 0.6 is 0 Å². The van der Waals surface area contributed by atoms with Gasteiger partial charge in [0.25, 0.3) is 5.91 Å². The molecule has 0 saturated carbocycles. The first-order chi connectivity index (χ1) is 13.4. The van der Waals surface area contributed by atoms with Crippen LogP contribution in [0.3, 0.4) is 0 Å². The number of ether oxygens (including phenoxy) is 3. The Morgan fingerprint density at radius 3 is 2.32 bits per heavy atom. The minimum Gasteiger partial charge on any atom is -0.497 e. The standard InChI is InChI=1S/C21H24FNO5/c1-14(2)19(23-20(24)15-8-10-16(26-3)11-9-15)21(25)28-13-12-27-18-7-5-4-6-17(18)22/h4-11,14,19H,12-13H2,1-3H3,(H,23,24). The predicted octanol–water partition coefficient (Wildman–Crippen LogP) is 3.21. The van der Waals surface area contributed by atoms with Crippen LogP contribution < -0.4 is 14.8 Å². The number of rotatable bonds is 9. The van der Waals surface area contributed by atoms with Crippen LogP contribution in [0.5, 0.6) is 11.5 Å². The third-order valence-electron chi connectivity index (χ3n) is 3.98. The molecule has 1 unspecified atom stereocenters. The molecule has 1 N–H and O–H groups in total. The van der Waals surface area contributed by atoms with Crippen molar-refractivity contribution in [1.82, 2.24) is 5.32 Å². The zero-order chi connectivity index (χ0) is 20.5. The Labute approximate surface area is 163 Å². The largest absolute Gasteiger partial charge is 0.497 e. The molecule has 0 aliphatic rings. The molecule has 7 heteroatoms. The molecule has 0 aliphatic heterocycles. The molecule has 6 nitrogen and oxygen atoms in total. The van der Waals surface area contributed by atoms with Gasteiger partial charge in [-0.3, -0.25) is 4.79 Å². The highest BCUT2D eigenvalue weighted by atomic mass is 19.1. The SMILES string of the molecule is COc1ccc(C(=O)NC(C(=O)OCCOc2ccccc2F)C(C)C)cc1. The van der Waals surface area contributed by atoms with Crippen molar-refractivity contribution in [1.29, 1.82) is 0 Å². The number of hydrogen-bond acceptors (Lipinski definition) is 5. The summed E-state index contributed by atoms with van der Waals surface area (Å²) in [6.07, 6.45) is 0. The van der Waals surface area contributed by atoms with Crippen LogP contribution in [0, 0.1) is 11.7 Å². The van der Waals surface area contributed by atoms with Crippen molar-refractivity contribution in [3.63, 3.8) is 0 Å². The highest BCUT2D eigenvalue weighted by molar-refractivity contribution is 5.96. The second-order valence-corrected chi connectivity index (χ2v) is 6.37. The average Bonchev–Trinajstić information content (AvgIpc) is 2.70. The summed E-state index contributed by atoms with van der Waals surface area (Å²) in [4.78, 5) is 24.7. The molecule has 1 amide bonds. The van der Waals surface area contributed by atoms with E-state index in [0.29, 0.717) is 11.3 Å². The lowest BCUT2D eigenvalue weighted by Gasteiger charge is -2.21. The van der Waals surface area contributed by atoms with Crippen molar-refractivity contribution in [3.05, 3.63) is 59.9 Å². The van der Waals surface area contributed by atoms with Gasteiger partial charge in [-0.15, -0.1) is 0 Å². The molecule has 2 aromatic rings. The van der Waals surface area contributed by atoms with Gasteiger partial charge in [-0.1, -0.05) is 26.0 Å². The van der Waals surface area contributed by atoms with Gasteiger partial charge in [0.2, 0.25) is 0 Å². The number of halogens is 1. The fourth-order valence-corrected chi connectivity index (χ4v) is 2.41. The molecule has 0 radical (unpaired) electrons. The predicted molar refractivity (Wildman–Crippen MR) is 102 cm³/mol. The maximum Gasteiger partial charge on any atom is 0.329 e. The number of methoxy groups -OCH3 is 1. The Morgan fingerprint density at radius 2 is 1.71 bits per heavy atom. The van der Waals surface area contributed by atoms with Gasteiger partial charge in [-0.05, 0) is 42.3 Å². The molecule has 0 saturated heterocycles. The molecule has 2 rings (SSSR count). The number of nitrogens with one attached hydrogen (secondary N) is 1. The molecule has 0 spiro atoms. The van der Waals surface area contributed by atoms with Gasteiger partial charge < -0.3 is 19.5 Å². The number of carbonyl (C=O) groups excluding carboxylic acids is 2. The molecule has 0 heterocycles. The first kappa shape index (κ1) is 21.2. The van der Waals surface area contributed by atoms with Crippen LogP contribution in [0.4, 0.5) is 4.39 Å². The minimum absolute atomic E-state index is 0.00388. The zero-order valence-corrected chi connectivity index (χ0v) is 16.1. The Hall–Kier alpha value is -3.09. The van der Waals surface area contributed by atoms with Crippen molar-refractivity contribution in [3.8, 4) is 11.5 Å². The van der Waals surface area contributed by atoms with E-state index < -0.39 is 17.8 Å². The molecule has 0 fully saturated rings. The van der Waals surface area contributed by atoms with Crippen LogP contribution in [0.25, 0.3) is 0 Å². The van der Waals surface area contributed by atoms with Gasteiger partial charge >= 0.3 is 5.97 Å². The van der Waals surface area contributed by atoms with E-state index in [9.17, 15) is 14.0 Å². The maximum absolute atomic E-state index is 13.5. The Balaban J connectivity index is 1.86. The molecular formula is C21H24FNO5. The second kappa shape index (κ2) is 10.3. The number of esters is 1. The fourth-order valence-electron chi connectivity index (χ4n) is 2.41. The summed E-state index contributed by atoms with van der Waals surface area (Å²) in [6, 6.07) is 11.7. The first-order valence-corrected chi connectivity index (χ1v) is 8.91. The lowest BCUT2D eigenvalue weighted by atomic mass is 10.0. The quantitative estimate of drug-likeness (QED) is 0.527. The van der Waals surface area contributed by atoms with Gasteiger partial charge in [0.1, 0.15) is 25.0 Å². The van der Waals surface area contributed by atoms with Crippen molar-refractivity contribution >= 4 is 11.9 Å². The van der Waals surface area contributed by atoms with Crippen LogP contribution in [0.15, 0.2) is 48.5 Å². The van der Waals surface area contributed by atoms with E-state index in [0.717, 1.165) is 0 Å². The Bertz CT molecular complexity index is 792. The number of carbonyl (C=O) groups is 2. The van der Waals surface area contributed by atoms with Gasteiger partial charge in [-0.25, -0.2) is 9.18 Å². The zero-order valence-electron chi connectivity index (χ0n) is 16.1. The number of benzene rings is 2. The Kier molecular flexibility index (Phi) is 7.80. The third-order valence-corrected chi connectivity index (χ3v) is 3.98. The van der Waals surface area contributed by atoms with Crippen molar-refractivity contribution in [2.45, 2.75) is 19.9 Å². The van der Waals surface area contributed by atoms with E-state index in [1.165, 1.54) is 19.2 Å². The fraction of sp³-hybridized carbons (Fsp3) is 0.333. The van der Waals surface area contributed by atoms with Crippen molar-refractivity contribution < 1.29 is 28.2 Å². The number of para-hydroxylation sites is 1. The molecule has 1 atom stereocenters. The van der Waals surface area contributed by atoms with E-state index in [1.54, 1.807) is 50.2 Å². The number of amides is 1. The maximum atomic E-state index is 13.5. The molecule has 0 aliphatic carbocycles. The van der Waals surface area contributed by atoms with E-state index in [4.69, 9.17) is 14.2 Å². The Morgan fingerprint density at radius 1 is 1.04 bits per heavy atom. The van der Waals surface area contributed by atoms with Gasteiger partial charge in [-0.2, -0.15) is 0 Å².